The molecule has 2 saturated heterocycles. The zero-order chi connectivity index (χ0) is 20.3. The van der Waals surface area contributed by atoms with Crippen molar-refractivity contribution in [1.29, 1.82) is 0 Å². The third kappa shape index (κ3) is 3.82. The van der Waals surface area contributed by atoms with Gasteiger partial charge in [0.15, 0.2) is 5.11 Å². The van der Waals surface area contributed by atoms with Crippen molar-refractivity contribution in [1.82, 2.24) is 24.8 Å². The molecule has 1 N–H and O–H groups in total. The third-order valence-electron chi connectivity index (χ3n) is 5.85. The zero-order valence-electron chi connectivity index (χ0n) is 16.7. The molecule has 0 unspecified atom stereocenters. The fourth-order valence-corrected chi connectivity index (χ4v) is 4.75. The SMILES string of the molecule is S=C1N[C@H](c2ccccn2)[C@@H](c2cccn2Cc2ccccn2)N1C[C@@H]1CCCO1. The molecule has 0 radical (unpaired) electrons. The van der Waals surface area contributed by atoms with Crippen molar-refractivity contribution in [3.63, 3.8) is 0 Å². The minimum absolute atomic E-state index is 0.0162. The normalized spacial score (nSPS) is 23.7. The third-order valence-corrected chi connectivity index (χ3v) is 6.20. The fraction of sp³-hybridized carbons (Fsp3) is 0.348. The molecule has 2 aliphatic heterocycles. The first-order chi connectivity index (χ1) is 14.8. The number of thiocarbonyl (C=S) groups is 1. The molecule has 3 aromatic heterocycles. The number of pyridine rings is 2. The molecule has 3 aromatic rings. The van der Waals surface area contributed by atoms with Crippen LogP contribution in [-0.4, -0.2) is 43.8 Å². The summed E-state index contributed by atoms with van der Waals surface area (Å²) in [4.78, 5) is 11.4. The number of aromatic nitrogens is 3. The van der Waals surface area contributed by atoms with E-state index in [0.717, 1.165) is 49.0 Å². The lowest BCUT2D eigenvalue weighted by molar-refractivity contribution is 0.0834. The first kappa shape index (κ1) is 19.2. The van der Waals surface area contributed by atoms with Crippen LogP contribution < -0.4 is 5.32 Å². The van der Waals surface area contributed by atoms with Gasteiger partial charge in [0.2, 0.25) is 0 Å². The lowest BCUT2D eigenvalue weighted by Gasteiger charge is -2.30. The Balaban J connectivity index is 1.51. The molecule has 0 spiro atoms. The van der Waals surface area contributed by atoms with E-state index in [-0.39, 0.29) is 18.2 Å². The number of nitrogens with one attached hydrogen (secondary N) is 1. The van der Waals surface area contributed by atoms with Crippen molar-refractivity contribution in [3.05, 3.63) is 84.2 Å². The number of hydrogen-bond donors (Lipinski definition) is 1. The largest absolute Gasteiger partial charge is 0.376 e. The van der Waals surface area contributed by atoms with Gasteiger partial charge < -0.3 is 19.5 Å². The van der Waals surface area contributed by atoms with Crippen molar-refractivity contribution >= 4 is 17.3 Å². The van der Waals surface area contributed by atoms with E-state index >= 15 is 0 Å². The maximum absolute atomic E-state index is 5.93. The van der Waals surface area contributed by atoms with Gasteiger partial charge >= 0.3 is 0 Å². The van der Waals surface area contributed by atoms with Gasteiger partial charge in [-0.05, 0) is 61.5 Å². The number of nitrogens with zero attached hydrogens (tertiary/aromatic N) is 4. The van der Waals surface area contributed by atoms with Gasteiger partial charge in [-0.1, -0.05) is 12.1 Å². The van der Waals surface area contributed by atoms with E-state index in [9.17, 15) is 0 Å². The van der Waals surface area contributed by atoms with Crippen molar-refractivity contribution in [2.24, 2.45) is 0 Å². The molecule has 154 valence electrons. The van der Waals surface area contributed by atoms with Crippen LogP contribution in [0.15, 0.2) is 67.1 Å². The van der Waals surface area contributed by atoms with Gasteiger partial charge in [-0.2, -0.15) is 0 Å². The topological polar surface area (TPSA) is 55.2 Å². The smallest absolute Gasteiger partial charge is 0.170 e. The molecule has 0 bridgehead atoms. The number of hydrogen-bond acceptors (Lipinski definition) is 4. The number of rotatable bonds is 6. The first-order valence-electron chi connectivity index (χ1n) is 10.4. The Bertz CT molecular complexity index is 987. The van der Waals surface area contributed by atoms with E-state index in [2.05, 4.69) is 55.2 Å². The molecule has 0 amide bonds. The Morgan fingerprint density at radius 1 is 1.07 bits per heavy atom. The van der Waals surface area contributed by atoms with Gasteiger partial charge in [0.25, 0.3) is 0 Å². The molecule has 6 nitrogen and oxygen atoms in total. The van der Waals surface area contributed by atoms with Crippen LogP contribution in [0.3, 0.4) is 0 Å². The maximum Gasteiger partial charge on any atom is 0.170 e. The monoisotopic (exact) mass is 419 g/mol. The minimum atomic E-state index is -0.0162. The molecular formula is C23H25N5OS. The highest BCUT2D eigenvalue weighted by molar-refractivity contribution is 7.80. The summed E-state index contributed by atoms with van der Waals surface area (Å²) in [6.45, 7) is 2.34. The van der Waals surface area contributed by atoms with Gasteiger partial charge in [-0.15, -0.1) is 0 Å². The van der Waals surface area contributed by atoms with E-state index in [4.69, 9.17) is 17.0 Å². The van der Waals surface area contributed by atoms with E-state index in [1.807, 2.05) is 36.7 Å². The highest BCUT2D eigenvalue weighted by atomic mass is 32.1. The molecule has 2 aliphatic rings. The van der Waals surface area contributed by atoms with Crippen LogP contribution in [0.1, 0.15) is 42.0 Å². The Morgan fingerprint density at radius 2 is 1.93 bits per heavy atom. The average Bonchev–Trinajstić information content (AvgIpc) is 3.52. The van der Waals surface area contributed by atoms with Crippen LogP contribution in [0.4, 0.5) is 0 Å². The average molecular weight is 420 g/mol. The van der Waals surface area contributed by atoms with Crippen molar-refractivity contribution in [2.75, 3.05) is 13.2 Å². The summed E-state index contributed by atoms with van der Waals surface area (Å²) in [5.74, 6) is 0. The highest BCUT2D eigenvalue weighted by Crippen LogP contribution is 2.39. The predicted octanol–water partition coefficient (Wildman–Crippen LogP) is 3.48. The summed E-state index contributed by atoms with van der Waals surface area (Å²) >= 11 is 5.79. The predicted molar refractivity (Wildman–Crippen MR) is 119 cm³/mol. The number of ether oxygens (including phenoxy) is 1. The quantitative estimate of drug-likeness (QED) is 0.618. The summed E-state index contributed by atoms with van der Waals surface area (Å²) < 4.78 is 8.20. The summed E-state index contributed by atoms with van der Waals surface area (Å²) in [5.41, 5.74) is 3.22. The van der Waals surface area contributed by atoms with Crippen molar-refractivity contribution in [3.8, 4) is 0 Å². The Labute approximate surface area is 181 Å². The van der Waals surface area contributed by atoms with Crippen LogP contribution in [-0.2, 0) is 11.3 Å². The lowest BCUT2D eigenvalue weighted by Crippen LogP contribution is -2.36. The molecule has 0 saturated carbocycles. The second-order valence-electron chi connectivity index (χ2n) is 7.80. The van der Waals surface area contributed by atoms with E-state index in [1.165, 1.54) is 5.69 Å². The van der Waals surface area contributed by atoms with Crippen LogP contribution in [0.5, 0.6) is 0 Å². The lowest BCUT2D eigenvalue weighted by atomic mass is 10.0. The van der Waals surface area contributed by atoms with Crippen molar-refractivity contribution < 1.29 is 4.74 Å². The Kier molecular flexibility index (Phi) is 5.46. The maximum atomic E-state index is 5.93. The molecule has 0 aromatic carbocycles. The van der Waals surface area contributed by atoms with Crippen LogP contribution in [0.25, 0.3) is 0 Å². The van der Waals surface area contributed by atoms with Gasteiger partial charge in [0, 0.05) is 37.4 Å². The van der Waals surface area contributed by atoms with E-state index < -0.39 is 0 Å². The summed E-state index contributed by atoms with van der Waals surface area (Å²) in [6.07, 6.45) is 8.20. The first-order valence-corrected chi connectivity index (χ1v) is 10.8. The van der Waals surface area contributed by atoms with Crippen molar-refractivity contribution in [2.45, 2.75) is 37.6 Å². The molecule has 30 heavy (non-hydrogen) atoms. The Hall–Kier alpha value is -2.77. The summed E-state index contributed by atoms with van der Waals surface area (Å²) in [7, 11) is 0. The second-order valence-corrected chi connectivity index (χ2v) is 8.18. The summed E-state index contributed by atoms with van der Waals surface area (Å²) in [5, 5.41) is 4.29. The van der Waals surface area contributed by atoms with E-state index in [1.54, 1.807) is 0 Å². The summed E-state index contributed by atoms with van der Waals surface area (Å²) in [6, 6.07) is 16.4. The van der Waals surface area contributed by atoms with Gasteiger partial charge in [-0.3, -0.25) is 9.97 Å². The molecule has 0 aliphatic carbocycles. The van der Waals surface area contributed by atoms with Crippen LogP contribution >= 0.6 is 12.2 Å². The fourth-order valence-electron chi connectivity index (χ4n) is 4.44. The highest BCUT2D eigenvalue weighted by Gasteiger charge is 2.42. The molecular weight excluding hydrogens is 394 g/mol. The zero-order valence-corrected chi connectivity index (χ0v) is 17.5. The molecule has 7 heteroatoms. The molecule has 5 heterocycles. The second kappa shape index (κ2) is 8.53. The van der Waals surface area contributed by atoms with Crippen LogP contribution in [0.2, 0.25) is 0 Å². The Morgan fingerprint density at radius 3 is 2.67 bits per heavy atom. The molecule has 2 fully saturated rings. The van der Waals surface area contributed by atoms with Gasteiger partial charge in [-0.25, -0.2) is 0 Å². The standard InChI is InChI=1S/C23H25N5OS/c30-23-26-21(19-9-2-4-12-25-19)22(28(23)16-18-8-6-14-29-18)20-10-5-13-27(20)15-17-7-1-3-11-24-17/h1-5,7,9-13,18,21-22H,6,8,14-16H2,(H,26,30)/t18-,21+,22+/m0/s1. The minimum Gasteiger partial charge on any atom is -0.376 e. The molecule has 5 rings (SSSR count). The van der Waals surface area contributed by atoms with Gasteiger partial charge in [0.05, 0.1) is 36.1 Å². The van der Waals surface area contributed by atoms with E-state index in [0.29, 0.717) is 0 Å². The molecule has 3 atom stereocenters. The van der Waals surface area contributed by atoms with Gasteiger partial charge in [0.1, 0.15) is 0 Å². The van der Waals surface area contributed by atoms with Crippen LogP contribution in [0, 0.1) is 0 Å².